The predicted molar refractivity (Wildman–Crippen MR) is 83.3 cm³/mol. The van der Waals surface area contributed by atoms with Crippen LogP contribution in [-0.4, -0.2) is 19.7 Å². The van der Waals surface area contributed by atoms with Crippen LogP contribution in [0.1, 0.15) is 56.9 Å². The third kappa shape index (κ3) is 2.58. The highest BCUT2D eigenvalue weighted by Crippen LogP contribution is 2.45. The lowest BCUT2D eigenvalue weighted by Gasteiger charge is -2.37. The van der Waals surface area contributed by atoms with Gasteiger partial charge in [-0.2, -0.15) is 0 Å². The zero-order chi connectivity index (χ0) is 14.0. The lowest BCUT2D eigenvalue weighted by Crippen LogP contribution is -2.41. The molecule has 2 nitrogen and oxygen atoms in total. The molecule has 1 heterocycles. The van der Waals surface area contributed by atoms with Crippen LogP contribution in [0.4, 0.5) is 0 Å². The molecule has 0 spiro atoms. The van der Waals surface area contributed by atoms with Gasteiger partial charge < -0.3 is 10.1 Å². The summed E-state index contributed by atoms with van der Waals surface area (Å²) in [4.78, 5) is 0. The molecule has 3 rings (SSSR count). The molecule has 1 aromatic carbocycles. The van der Waals surface area contributed by atoms with E-state index in [0.717, 1.165) is 18.8 Å². The third-order valence-corrected chi connectivity index (χ3v) is 5.54. The number of para-hydroxylation sites is 1. The number of rotatable bonds is 4. The summed E-state index contributed by atoms with van der Waals surface area (Å²) in [5.41, 5.74) is 1.91. The topological polar surface area (TPSA) is 21.3 Å². The molecule has 0 amide bonds. The molecule has 2 unspecified atom stereocenters. The van der Waals surface area contributed by atoms with E-state index in [0.29, 0.717) is 17.4 Å². The van der Waals surface area contributed by atoms with Gasteiger partial charge in [-0.1, -0.05) is 38.0 Å². The minimum atomic E-state index is 0.488. The number of ether oxygens (including phenoxy) is 1. The SMILES string of the molecule is CNC(CC1CCOc2ccccc21)C1(C)CCCC1. The van der Waals surface area contributed by atoms with Gasteiger partial charge in [-0.05, 0) is 55.7 Å². The molecule has 0 saturated heterocycles. The molecule has 2 atom stereocenters. The quantitative estimate of drug-likeness (QED) is 0.891. The lowest BCUT2D eigenvalue weighted by molar-refractivity contribution is 0.190. The molecule has 1 aliphatic heterocycles. The summed E-state index contributed by atoms with van der Waals surface area (Å²) >= 11 is 0. The van der Waals surface area contributed by atoms with E-state index in [1.54, 1.807) is 0 Å². The van der Waals surface area contributed by atoms with Crippen molar-refractivity contribution in [2.24, 2.45) is 5.41 Å². The van der Waals surface area contributed by atoms with Gasteiger partial charge in [-0.3, -0.25) is 0 Å². The highest BCUT2D eigenvalue weighted by Gasteiger charge is 2.38. The summed E-state index contributed by atoms with van der Waals surface area (Å²) in [5, 5.41) is 3.62. The summed E-state index contributed by atoms with van der Waals surface area (Å²) in [5.74, 6) is 1.75. The van der Waals surface area contributed by atoms with E-state index in [1.807, 2.05) is 0 Å². The molecule has 1 aliphatic carbocycles. The van der Waals surface area contributed by atoms with Crippen molar-refractivity contribution in [3.8, 4) is 5.75 Å². The second kappa shape index (κ2) is 5.77. The van der Waals surface area contributed by atoms with Crippen LogP contribution in [0.5, 0.6) is 5.75 Å². The first-order valence-electron chi connectivity index (χ1n) is 8.12. The van der Waals surface area contributed by atoms with Gasteiger partial charge in [0, 0.05) is 6.04 Å². The standard InChI is InChI=1S/C18H27NO/c1-18(10-5-6-11-18)17(19-2)13-14-9-12-20-16-8-4-3-7-15(14)16/h3-4,7-8,14,17,19H,5-6,9-13H2,1-2H3. The monoisotopic (exact) mass is 273 g/mol. The van der Waals surface area contributed by atoms with Crippen LogP contribution in [-0.2, 0) is 0 Å². The highest BCUT2D eigenvalue weighted by molar-refractivity contribution is 5.37. The van der Waals surface area contributed by atoms with Crippen molar-refractivity contribution in [1.82, 2.24) is 5.32 Å². The Morgan fingerprint density at radius 3 is 2.80 bits per heavy atom. The molecule has 0 aromatic heterocycles. The number of hydrogen-bond acceptors (Lipinski definition) is 2. The Labute approximate surface area is 122 Å². The maximum Gasteiger partial charge on any atom is 0.122 e. The molecule has 0 bridgehead atoms. The van der Waals surface area contributed by atoms with Crippen LogP contribution in [0.25, 0.3) is 0 Å². The molecule has 1 N–H and O–H groups in total. The van der Waals surface area contributed by atoms with Crippen LogP contribution < -0.4 is 10.1 Å². The van der Waals surface area contributed by atoms with Crippen molar-refractivity contribution in [1.29, 1.82) is 0 Å². The Morgan fingerprint density at radius 1 is 1.30 bits per heavy atom. The number of nitrogens with one attached hydrogen (secondary N) is 1. The number of hydrogen-bond donors (Lipinski definition) is 1. The van der Waals surface area contributed by atoms with Crippen LogP contribution in [0.15, 0.2) is 24.3 Å². The predicted octanol–water partition coefficient (Wildman–Crippen LogP) is 4.11. The van der Waals surface area contributed by atoms with Crippen molar-refractivity contribution in [3.63, 3.8) is 0 Å². The first-order chi connectivity index (χ1) is 9.73. The second-order valence-electron chi connectivity index (χ2n) is 6.81. The van der Waals surface area contributed by atoms with Crippen LogP contribution in [0.2, 0.25) is 0 Å². The Morgan fingerprint density at radius 2 is 2.05 bits per heavy atom. The van der Waals surface area contributed by atoms with Gasteiger partial charge in [-0.15, -0.1) is 0 Å². The van der Waals surface area contributed by atoms with E-state index < -0.39 is 0 Å². The first-order valence-corrected chi connectivity index (χ1v) is 8.12. The normalized spacial score (nSPS) is 25.8. The zero-order valence-corrected chi connectivity index (χ0v) is 12.8. The fraction of sp³-hybridized carbons (Fsp3) is 0.667. The summed E-state index contributed by atoms with van der Waals surface area (Å²) in [6.07, 6.45) is 7.96. The van der Waals surface area contributed by atoms with Gasteiger partial charge in [0.1, 0.15) is 5.75 Å². The number of benzene rings is 1. The maximum absolute atomic E-state index is 5.80. The largest absolute Gasteiger partial charge is 0.493 e. The van der Waals surface area contributed by atoms with E-state index in [2.05, 4.69) is 43.6 Å². The summed E-state index contributed by atoms with van der Waals surface area (Å²) in [6, 6.07) is 9.22. The fourth-order valence-corrected chi connectivity index (χ4v) is 4.23. The molecule has 20 heavy (non-hydrogen) atoms. The van der Waals surface area contributed by atoms with E-state index in [4.69, 9.17) is 4.74 Å². The molecule has 1 fully saturated rings. The number of fused-ring (bicyclic) bond motifs is 1. The molecule has 2 aliphatic rings. The van der Waals surface area contributed by atoms with Gasteiger partial charge in [0.15, 0.2) is 0 Å². The minimum absolute atomic E-state index is 0.488. The summed E-state index contributed by atoms with van der Waals surface area (Å²) in [7, 11) is 2.14. The van der Waals surface area contributed by atoms with Crippen LogP contribution in [0.3, 0.4) is 0 Å². The van der Waals surface area contributed by atoms with Crippen LogP contribution >= 0.6 is 0 Å². The van der Waals surface area contributed by atoms with Crippen molar-refractivity contribution >= 4 is 0 Å². The zero-order valence-electron chi connectivity index (χ0n) is 12.8. The Bertz CT molecular complexity index is 450. The summed E-state index contributed by atoms with van der Waals surface area (Å²) in [6.45, 7) is 3.35. The first kappa shape index (κ1) is 13.9. The van der Waals surface area contributed by atoms with E-state index in [1.165, 1.54) is 37.7 Å². The van der Waals surface area contributed by atoms with Crippen molar-refractivity contribution < 1.29 is 4.74 Å². The summed E-state index contributed by atoms with van der Waals surface area (Å²) < 4.78 is 5.80. The molecule has 1 saturated carbocycles. The average molecular weight is 273 g/mol. The Hall–Kier alpha value is -1.02. The minimum Gasteiger partial charge on any atom is -0.493 e. The maximum atomic E-state index is 5.80. The third-order valence-electron chi connectivity index (χ3n) is 5.54. The Kier molecular flexibility index (Phi) is 4.02. The van der Waals surface area contributed by atoms with E-state index in [9.17, 15) is 0 Å². The molecule has 0 radical (unpaired) electrons. The fourth-order valence-electron chi connectivity index (χ4n) is 4.23. The lowest BCUT2D eigenvalue weighted by atomic mass is 9.74. The Balaban J connectivity index is 1.77. The van der Waals surface area contributed by atoms with Crippen molar-refractivity contribution in [3.05, 3.63) is 29.8 Å². The van der Waals surface area contributed by atoms with Crippen LogP contribution in [0, 0.1) is 5.41 Å². The van der Waals surface area contributed by atoms with E-state index >= 15 is 0 Å². The van der Waals surface area contributed by atoms with Gasteiger partial charge in [0.05, 0.1) is 6.61 Å². The van der Waals surface area contributed by atoms with E-state index in [-0.39, 0.29) is 0 Å². The average Bonchev–Trinajstić information content (AvgIpc) is 2.92. The molecule has 2 heteroatoms. The van der Waals surface area contributed by atoms with Crippen molar-refractivity contribution in [2.45, 2.75) is 57.4 Å². The van der Waals surface area contributed by atoms with Gasteiger partial charge in [0.25, 0.3) is 0 Å². The molecule has 110 valence electrons. The molecular weight excluding hydrogens is 246 g/mol. The van der Waals surface area contributed by atoms with Gasteiger partial charge >= 0.3 is 0 Å². The smallest absolute Gasteiger partial charge is 0.122 e. The van der Waals surface area contributed by atoms with Gasteiger partial charge in [0.2, 0.25) is 0 Å². The van der Waals surface area contributed by atoms with Crippen molar-refractivity contribution in [2.75, 3.05) is 13.7 Å². The molecular formula is C18H27NO. The van der Waals surface area contributed by atoms with Gasteiger partial charge in [-0.25, -0.2) is 0 Å². The second-order valence-corrected chi connectivity index (χ2v) is 6.81. The highest BCUT2D eigenvalue weighted by atomic mass is 16.5. The molecule has 1 aromatic rings.